The molecule has 1 aromatic heterocycles. The Morgan fingerprint density at radius 2 is 2.05 bits per heavy atom. The summed E-state index contributed by atoms with van der Waals surface area (Å²) in [5, 5.41) is 21.5. The first kappa shape index (κ1) is 13.0. The summed E-state index contributed by atoms with van der Waals surface area (Å²) in [7, 11) is 0. The number of rotatable bonds is 4. The summed E-state index contributed by atoms with van der Waals surface area (Å²) in [6.45, 7) is 0. The average molecular weight is 284 g/mol. The summed E-state index contributed by atoms with van der Waals surface area (Å²) in [5.41, 5.74) is 2.24. The number of aromatic nitrogens is 1. The number of carboxylic acid groups (broad SMARTS) is 1. The number of hydrogen-bond donors (Lipinski definition) is 3. The van der Waals surface area contributed by atoms with Crippen LogP contribution in [0.5, 0.6) is 5.75 Å². The predicted octanol–water partition coefficient (Wildman–Crippen LogP) is 2.90. The fourth-order valence-corrected chi connectivity index (χ4v) is 2.01. The largest absolute Gasteiger partial charge is 0.506 e. The van der Waals surface area contributed by atoms with Crippen molar-refractivity contribution in [3.8, 4) is 5.75 Å². The van der Waals surface area contributed by atoms with Crippen LogP contribution in [0.3, 0.4) is 0 Å². The third-order valence-corrected chi connectivity index (χ3v) is 2.95. The van der Waals surface area contributed by atoms with E-state index in [0.717, 1.165) is 0 Å². The number of hydrogen-bond acceptors (Lipinski definition) is 5. The number of aliphatic carboxylic acids is 1. The molecule has 0 saturated heterocycles. The molecule has 0 saturated carbocycles. The Kier molecular flexibility index (Phi) is 3.19. The molecule has 0 fully saturated rings. The van der Waals surface area contributed by atoms with Crippen LogP contribution in [0.15, 0.2) is 46.9 Å². The minimum Gasteiger partial charge on any atom is -0.506 e. The summed E-state index contributed by atoms with van der Waals surface area (Å²) in [6.07, 6.45) is -0.123. The first-order valence-corrected chi connectivity index (χ1v) is 6.28. The third-order valence-electron chi connectivity index (χ3n) is 2.95. The zero-order valence-electron chi connectivity index (χ0n) is 10.9. The highest BCUT2D eigenvalue weighted by atomic mass is 16.4. The molecule has 0 aliphatic rings. The second-order valence-electron chi connectivity index (χ2n) is 4.53. The van der Waals surface area contributed by atoms with Crippen LogP contribution in [-0.2, 0) is 11.2 Å². The van der Waals surface area contributed by atoms with Crippen LogP contribution in [0.25, 0.3) is 11.1 Å². The molecule has 0 spiro atoms. The van der Waals surface area contributed by atoms with Gasteiger partial charge in [0.2, 0.25) is 0 Å². The van der Waals surface area contributed by atoms with Gasteiger partial charge in [0.15, 0.2) is 5.58 Å². The molecule has 2 aromatic carbocycles. The number of oxazole rings is 1. The molecule has 0 atom stereocenters. The van der Waals surface area contributed by atoms with Crippen molar-refractivity contribution in [1.29, 1.82) is 0 Å². The van der Waals surface area contributed by atoms with E-state index >= 15 is 0 Å². The summed E-state index contributed by atoms with van der Waals surface area (Å²) in [6, 6.07) is 12.1. The van der Waals surface area contributed by atoms with E-state index in [2.05, 4.69) is 10.3 Å². The van der Waals surface area contributed by atoms with Crippen LogP contribution in [-0.4, -0.2) is 21.2 Å². The zero-order valence-corrected chi connectivity index (χ0v) is 10.9. The van der Waals surface area contributed by atoms with Gasteiger partial charge >= 0.3 is 5.97 Å². The van der Waals surface area contributed by atoms with E-state index in [9.17, 15) is 9.90 Å². The third kappa shape index (κ3) is 2.79. The van der Waals surface area contributed by atoms with Gasteiger partial charge in [-0.05, 0) is 29.8 Å². The van der Waals surface area contributed by atoms with E-state index < -0.39 is 5.97 Å². The van der Waals surface area contributed by atoms with Gasteiger partial charge in [-0.2, -0.15) is 4.98 Å². The molecule has 0 unspecified atom stereocenters. The lowest BCUT2D eigenvalue weighted by molar-refractivity contribution is -0.136. The van der Waals surface area contributed by atoms with Crippen molar-refractivity contribution >= 4 is 28.8 Å². The molecule has 21 heavy (non-hydrogen) atoms. The van der Waals surface area contributed by atoms with Gasteiger partial charge in [0.05, 0.1) is 12.1 Å². The van der Waals surface area contributed by atoms with Crippen LogP contribution in [0.2, 0.25) is 0 Å². The number of carbonyl (C=O) groups is 1. The Morgan fingerprint density at radius 3 is 2.81 bits per heavy atom. The maximum absolute atomic E-state index is 10.7. The lowest BCUT2D eigenvalue weighted by Gasteiger charge is -2.06. The van der Waals surface area contributed by atoms with Crippen LogP contribution in [0.4, 0.5) is 11.7 Å². The van der Waals surface area contributed by atoms with Gasteiger partial charge in [-0.1, -0.05) is 18.2 Å². The highest BCUT2D eigenvalue weighted by molar-refractivity contribution is 5.76. The molecule has 3 rings (SSSR count). The topological polar surface area (TPSA) is 95.6 Å². The highest BCUT2D eigenvalue weighted by Crippen LogP contribution is 2.29. The zero-order chi connectivity index (χ0) is 14.8. The Balaban J connectivity index is 1.91. The van der Waals surface area contributed by atoms with Gasteiger partial charge in [-0.15, -0.1) is 0 Å². The van der Waals surface area contributed by atoms with Crippen molar-refractivity contribution in [1.82, 2.24) is 4.98 Å². The van der Waals surface area contributed by atoms with E-state index in [1.165, 1.54) is 6.07 Å². The Hall–Kier alpha value is -3.02. The molecular weight excluding hydrogens is 272 g/mol. The number of fused-ring (bicyclic) bond motifs is 1. The molecule has 0 bridgehead atoms. The van der Waals surface area contributed by atoms with Crippen molar-refractivity contribution in [2.24, 2.45) is 0 Å². The number of phenols is 1. The number of benzene rings is 2. The summed E-state index contributed by atoms with van der Waals surface area (Å²) >= 11 is 0. The van der Waals surface area contributed by atoms with Crippen molar-refractivity contribution < 1.29 is 19.4 Å². The number of carboxylic acids is 1. The van der Waals surface area contributed by atoms with Gasteiger partial charge in [0.25, 0.3) is 6.01 Å². The maximum Gasteiger partial charge on any atom is 0.307 e. The molecule has 106 valence electrons. The number of nitrogens with one attached hydrogen (secondary N) is 1. The quantitative estimate of drug-likeness (QED) is 0.637. The SMILES string of the molecule is O=C(O)Cc1ccc(O)c(Nc2nc3ccccc3o2)c1. The molecule has 3 aromatic rings. The number of para-hydroxylation sites is 2. The fourth-order valence-electron chi connectivity index (χ4n) is 2.01. The molecular formula is C15H12N2O4. The first-order chi connectivity index (χ1) is 10.1. The van der Waals surface area contributed by atoms with Crippen molar-refractivity contribution in [3.63, 3.8) is 0 Å². The Morgan fingerprint density at radius 1 is 1.24 bits per heavy atom. The van der Waals surface area contributed by atoms with Crippen molar-refractivity contribution in [3.05, 3.63) is 48.0 Å². The van der Waals surface area contributed by atoms with Crippen molar-refractivity contribution in [2.75, 3.05) is 5.32 Å². The van der Waals surface area contributed by atoms with Crippen molar-refractivity contribution in [2.45, 2.75) is 6.42 Å². The van der Waals surface area contributed by atoms with Gasteiger partial charge in [-0.25, -0.2) is 0 Å². The number of aromatic hydroxyl groups is 1. The van der Waals surface area contributed by atoms with Crippen LogP contribution in [0, 0.1) is 0 Å². The smallest absolute Gasteiger partial charge is 0.307 e. The fraction of sp³-hybridized carbons (Fsp3) is 0.0667. The molecule has 1 heterocycles. The highest BCUT2D eigenvalue weighted by Gasteiger charge is 2.10. The first-order valence-electron chi connectivity index (χ1n) is 6.28. The van der Waals surface area contributed by atoms with Gasteiger partial charge < -0.3 is 19.9 Å². The minimum absolute atomic E-state index is 0.00797. The van der Waals surface area contributed by atoms with E-state index in [1.54, 1.807) is 18.2 Å². The molecule has 0 aliphatic heterocycles. The number of anilines is 2. The monoisotopic (exact) mass is 284 g/mol. The average Bonchev–Trinajstić information content (AvgIpc) is 2.84. The second-order valence-corrected chi connectivity index (χ2v) is 4.53. The summed E-state index contributed by atoms with van der Waals surface area (Å²) < 4.78 is 5.50. The second kappa shape index (κ2) is 5.16. The van der Waals surface area contributed by atoms with Gasteiger partial charge in [-0.3, -0.25) is 4.79 Å². The molecule has 0 radical (unpaired) electrons. The van der Waals surface area contributed by atoms with Crippen LogP contribution < -0.4 is 5.32 Å². The molecule has 3 N–H and O–H groups in total. The summed E-state index contributed by atoms with van der Waals surface area (Å²) in [5.74, 6) is -0.945. The van der Waals surface area contributed by atoms with E-state index in [0.29, 0.717) is 22.4 Å². The normalized spacial score (nSPS) is 10.7. The maximum atomic E-state index is 10.7. The minimum atomic E-state index is -0.937. The van der Waals surface area contributed by atoms with Gasteiger partial charge in [0, 0.05) is 0 Å². The molecule has 0 amide bonds. The Labute approximate surface area is 119 Å². The number of nitrogens with zero attached hydrogens (tertiary/aromatic N) is 1. The van der Waals surface area contributed by atoms with E-state index in [4.69, 9.17) is 9.52 Å². The van der Waals surface area contributed by atoms with Gasteiger partial charge in [0.1, 0.15) is 11.3 Å². The molecule has 6 heteroatoms. The van der Waals surface area contributed by atoms with Crippen LogP contribution in [0.1, 0.15) is 5.56 Å². The van der Waals surface area contributed by atoms with Crippen LogP contribution >= 0.6 is 0 Å². The Bertz CT molecular complexity index is 777. The predicted molar refractivity (Wildman–Crippen MR) is 76.7 cm³/mol. The standard InChI is InChI=1S/C15H12N2O4/c18-12-6-5-9(8-14(19)20)7-11(12)17-15-16-10-3-1-2-4-13(10)21-15/h1-7,18H,8H2,(H,16,17)(H,19,20). The van der Waals surface area contributed by atoms with E-state index in [1.807, 2.05) is 18.2 Å². The molecule has 0 aliphatic carbocycles. The lowest BCUT2D eigenvalue weighted by Crippen LogP contribution is -2.00. The lowest BCUT2D eigenvalue weighted by atomic mass is 10.1. The molecule has 6 nitrogen and oxygen atoms in total. The number of phenolic OH excluding ortho intramolecular Hbond substituents is 1. The summed E-state index contributed by atoms with van der Waals surface area (Å²) in [4.78, 5) is 15.0. The van der Waals surface area contributed by atoms with E-state index in [-0.39, 0.29) is 18.2 Å².